The van der Waals surface area contributed by atoms with Crippen molar-refractivity contribution in [2.45, 2.75) is 44.7 Å². The maximum absolute atomic E-state index is 13.8. The highest BCUT2D eigenvalue weighted by atomic mass is 19.1. The van der Waals surface area contributed by atoms with Crippen molar-refractivity contribution in [3.63, 3.8) is 0 Å². The van der Waals surface area contributed by atoms with Gasteiger partial charge in [-0.2, -0.15) is 5.06 Å². The molecule has 0 spiro atoms. The molecule has 1 atom stereocenters. The van der Waals surface area contributed by atoms with Crippen LogP contribution >= 0.6 is 0 Å². The summed E-state index contributed by atoms with van der Waals surface area (Å²) in [6.45, 7) is 4.64. The van der Waals surface area contributed by atoms with Crippen molar-refractivity contribution in [3.8, 4) is 0 Å². The van der Waals surface area contributed by atoms with Crippen molar-refractivity contribution in [2.24, 2.45) is 0 Å². The van der Waals surface area contributed by atoms with E-state index in [1.165, 1.54) is 6.07 Å². The Morgan fingerprint density at radius 1 is 1.24 bits per heavy atom. The van der Waals surface area contributed by atoms with E-state index in [9.17, 15) is 9.18 Å². The molecule has 0 aromatic heterocycles. The van der Waals surface area contributed by atoms with E-state index in [1.807, 2.05) is 17.2 Å². The fourth-order valence-corrected chi connectivity index (χ4v) is 3.54. The van der Waals surface area contributed by atoms with Crippen molar-refractivity contribution in [1.82, 2.24) is 15.3 Å². The summed E-state index contributed by atoms with van der Waals surface area (Å²) in [4.78, 5) is 19.9. The van der Waals surface area contributed by atoms with Crippen molar-refractivity contribution < 1.29 is 14.0 Å². The molecule has 0 bridgehead atoms. The molecule has 1 aromatic carbocycles. The van der Waals surface area contributed by atoms with Gasteiger partial charge in [-0.3, -0.25) is 14.5 Å². The molecule has 1 unspecified atom stereocenters. The maximum atomic E-state index is 13.8. The minimum Gasteiger partial charge on any atom is -0.352 e. The third-order valence-electron chi connectivity index (χ3n) is 4.89. The van der Waals surface area contributed by atoms with E-state index >= 15 is 0 Å². The van der Waals surface area contributed by atoms with Crippen LogP contribution in [-0.4, -0.2) is 54.7 Å². The molecule has 2 aliphatic rings. The molecule has 0 radical (unpaired) electrons. The number of carbonyl (C=O) groups excluding carboxylic acids is 1. The van der Waals surface area contributed by atoms with Gasteiger partial charge in [-0.15, -0.1) is 0 Å². The van der Waals surface area contributed by atoms with Gasteiger partial charge in [0, 0.05) is 44.2 Å². The van der Waals surface area contributed by atoms with E-state index in [0.29, 0.717) is 19.5 Å². The summed E-state index contributed by atoms with van der Waals surface area (Å²) in [5, 5.41) is 5.03. The predicted molar refractivity (Wildman–Crippen MR) is 94.2 cm³/mol. The van der Waals surface area contributed by atoms with Crippen LogP contribution in [0, 0.1) is 5.82 Å². The Kier molecular flexibility index (Phi) is 6.78. The summed E-state index contributed by atoms with van der Waals surface area (Å²) < 4.78 is 13.8. The molecule has 1 N–H and O–H groups in total. The molecular formula is C19H28FN3O2. The van der Waals surface area contributed by atoms with Gasteiger partial charge in [-0.1, -0.05) is 18.2 Å². The largest absolute Gasteiger partial charge is 0.352 e. The standard InChI is InChI=1S/C19H28FN3O2/c20-18-8-2-1-6-16(18)14-22-10-5-7-17(15-22)21-19(24)9-12-23-11-3-4-13-25-23/h1-2,6,8,17H,3-5,7,9-15H2,(H,21,24). The van der Waals surface area contributed by atoms with Crippen LogP contribution in [-0.2, 0) is 16.2 Å². The van der Waals surface area contributed by atoms with Gasteiger partial charge in [0.2, 0.25) is 5.91 Å². The lowest BCUT2D eigenvalue weighted by Crippen LogP contribution is -2.48. The summed E-state index contributed by atoms with van der Waals surface area (Å²) in [6, 6.07) is 7.06. The number of carbonyl (C=O) groups is 1. The quantitative estimate of drug-likeness (QED) is 0.856. The number of nitrogens with zero attached hydrogens (tertiary/aromatic N) is 2. The van der Waals surface area contributed by atoms with Gasteiger partial charge < -0.3 is 5.32 Å². The predicted octanol–water partition coefficient (Wildman–Crippen LogP) is 2.32. The number of nitrogens with one attached hydrogen (secondary N) is 1. The van der Waals surface area contributed by atoms with Gasteiger partial charge in [0.15, 0.2) is 0 Å². The lowest BCUT2D eigenvalue weighted by molar-refractivity contribution is -0.181. The fraction of sp³-hybridized carbons (Fsp3) is 0.632. The van der Waals surface area contributed by atoms with E-state index < -0.39 is 0 Å². The summed E-state index contributed by atoms with van der Waals surface area (Å²) in [5.74, 6) is -0.0814. The maximum Gasteiger partial charge on any atom is 0.221 e. The van der Waals surface area contributed by atoms with Crippen LogP contribution in [0.25, 0.3) is 0 Å². The zero-order chi connectivity index (χ0) is 17.5. The lowest BCUT2D eigenvalue weighted by atomic mass is 10.0. The normalized spacial score (nSPS) is 22.7. The molecule has 138 valence electrons. The van der Waals surface area contributed by atoms with E-state index in [2.05, 4.69) is 10.2 Å². The number of piperidine rings is 1. The molecule has 1 aromatic rings. The molecule has 25 heavy (non-hydrogen) atoms. The van der Waals surface area contributed by atoms with E-state index in [-0.39, 0.29) is 17.8 Å². The van der Waals surface area contributed by atoms with E-state index in [1.54, 1.807) is 6.07 Å². The molecule has 6 heteroatoms. The highest BCUT2D eigenvalue weighted by Gasteiger charge is 2.22. The molecule has 2 fully saturated rings. The van der Waals surface area contributed by atoms with Crippen LogP contribution in [0.15, 0.2) is 24.3 Å². The van der Waals surface area contributed by atoms with Crippen LogP contribution < -0.4 is 5.32 Å². The van der Waals surface area contributed by atoms with Gasteiger partial charge in [0.25, 0.3) is 0 Å². The Labute approximate surface area is 149 Å². The monoisotopic (exact) mass is 349 g/mol. The summed E-state index contributed by atoms with van der Waals surface area (Å²) in [6.07, 6.45) is 4.70. The van der Waals surface area contributed by atoms with Gasteiger partial charge in [-0.25, -0.2) is 4.39 Å². The Hall–Kier alpha value is -1.50. The molecule has 2 saturated heterocycles. The fourth-order valence-electron chi connectivity index (χ4n) is 3.54. The summed E-state index contributed by atoms with van der Waals surface area (Å²) in [5.41, 5.74) is 0.719. The number of halogens is 1. The second-order valence-corrected chi connectivity index (χ2v) is 6.95. The molecule has 1 amide bonds. The minimum absolute atomic E-state index is 0.0758. The van der Waals surface area contributed by atoms with Gasteiger partial charge in [0.05, 0.1) is 6.61 Å². The average Bonchev–Trinajstić information content (AvgIpc) is 2.63. The van der Waals surface area contributed by atoms with Gasteiger partial charge in [-0.05, 0) is 38.3 Å². The van der Waals surface area contributed by atoms with E-state index in [0.717, 1.165) is 57.5 Å². The minimum atomic E-state index is -0.157. The zero-order valence-corrected chi connectivity index (χ0v) is 14.8. The highest BCUT2D eigenvalue weighted by molar-refractivity contribution is 5.76. The molecule has 0 aliphatic carbocycles. The van der Waals surface area contributed by atoms with Crippen molar-refractivity contribution in [2.75, 3.05) is 32.8 Å². The van der Waals surface area contributed by atoms with Crippen LogP contribution in [0.1, 0.15) is 37.7 Å². The van der Waals surface area contributed by atoms with Crippen LogP contribution in [0.4, 0.5) is 4.39 Å². The first-order chi connectivity index (χ1) is 12.2. The topological polar surface area (TPSA) is 44.8 Å². The summed E-state index contributed by atoms with van der Waals surface area (Å²) in [7, 11) is 0. The number of hydrogen-bond donors (Lipinski definition) is 1. The third-order valence-corrected chi connectivity index (χ3v) is 4.89. The molecule has 0 saturated carbocycles. The van der Waals surface area contributed by atoms with Crippen LogP contribution in [0.3, 0.4) is 0 Å². The SMILES string of the molecule is O=C(CCN1CCCCO1)NC1CCCN(Cc2ccccc2F)C1. The number of likely N-dealkylation sites (tertiary alicyclic amines) is 1. The first kappa shape index (κ1) is 18.3. The van der Waals surface area contributed by atoms with Gasteiger partial charge >= 0.3 is 0 Å². The smallest absolute Gasteiger partial charge is 0.221 e. The average molecular weight is 349 g/mol. The Bertz CT molecular complexity index is 563. The van der Waals surface area contributed by atoms with Gasteiger partial charge in [0.1, 0.15) is 5.82 Å². The Balaban J connectivity index is 1.41. The molecule has 5 nitrogen and oxygen atoms in total. The first-order valence-electron chi connectivity index (χ1n) is 9.34. The van der Waals surface area contributed by atoms with Crippen LogP contribution in [0.5, 0.6) is 0 Å². The van der Waals surface area contributed by atoms with Crippen LogP contribution in [0.2, 0.25) is 0 Å². The molecule has 2 aliphatic heterocycles. The number of hydroxylamine groups is 2. The number of amides is 1. The van der Waals surface area contributed by atoms with Crippen molar-refractivity contribution >= 4 is 5.91 Å². The molecule has 2 heterocycles. The lowest BCUT2D eigenvalue weighted by Gasteiger charge is -2.33. The Morgan fingerprint density at radius 2 is 2.12 bits per heavy atom. The van der Waals surface area contributed by atoms with Crippen molar-refractivity contribution in [1.29, 1.82) is 0 Å². The second-order valence-electron chi connectivity index (χ2n) is 6.95. The number of benzene rings is 1. The second kappa shape index (κ2) is 9.27. The van der Waals surface area contributed by atoms with E-state index in [4.69, 9.17) is 4.84 Å². The van der Waals surface area contributed by atoms with Crippen molar-refractivity contribution in [3.05, 3.63) is 35.6 Å². The molecular weight excluding hydrogens is 321 g/mol. The first-order valence-corrected chi connectivity index (χ1v) is 9.34. The highest BCUT2D eigenvalue weighted by Crippen LogP contribution is 2.16. The molecule has 3 rings (SSSR count). The third kappa shape index (κ3) is 5.76. The number of rotatable bonds is 6. The Morgan fingerprint density at radius 3 is 2.92 bits per heavy atom. The summed E-state index contributed by atoms with van der Waals surface area (Å²) >= 11 is 0. The zero-order valence-electron chi connectivity index (χ0n) is 14.8. The number of hydrogen-bond acceptors (Lipinski definition) is 4.